The minimum atomic E-state index is -4.55. The average molecular weight is 568 g/mol. The summed E-state index contributed by atoms with van der Waals surface area (Å²) in [6.07, 6.45) is -9.10. The van der Waals surface area contributed by atoms with E-state index in [-0.39, 0.29) is 5.57 Å². The quantitative estimate of drug-likeness (QED) is 0.155. The number of rotatable bonds is 2. The minimum Gasteiger partial charge on any atom is -0.244 e. The van der Waals surface area contributed by atoms with Crippen LogP contribution in [0.5, 0.6) is 0 Å². The summed E-state index contributed by atoms with van der Waals surface area (Å²) in [5, 5.41) is 19.3. The van der Waals surface area contributed by atoms with Crippen LogP contribution in [0.15, 0.2) is 90.5 Å². The van der Waals surface area contributed by atoms with Crippen LogP contribution in [0.1, 0.15) is 22.4 Å². The zero-order valence-corrected chi connectivity index (χ0v) is 21.1. The second kappa shape index (κ2) is 9.57. The van der Waals surface area contributed by atoms with Gasteiger partial charge in [0.15, 0.2) is 0 Å². The largest absolute Gasteiger partial charge is 0.416 e. The molecule has 4 aromatic carbocycles. The molecule has 204 valence electrons. The van der Waals surface area contributed by atoms with Crippen molar-refractivity contribution in [2.24, 2.45) is 0 Å². The van der Waals surface area contributed by atoms with Gasteiger partial charge in [-0.2, -0.15) is 36.9 Å². The van der Waals surface area contributed by atoms with Gasteiger partial charge in [0.1, 0.15) is 17.7 Å². The first-order valence-corrected chi connectivity index (χ1v) is 12.4. The van der Waals surface area contributed by atoms with Crippen molar-refractivity contribution >= 4 is 16.6 Å². The zero-order valence-electron chi connectivity index (χ0n) is 21.1. The zero-order chi connectivity index (χ0) is 29.8. The summed E-state index contributed by atoms with van der Waals surface area (Å²) in [7, 11) is 0. The number of alkyl halides is 6. The number of aromatic nitrogens is 2. The maximum absolute atomic E-state index is 13.2. The van der Waals surface area contributed by atoms with Crippen LogP contribution in [-0.2, 0) is 12.4 Å². The fourth-order valence-electron chi connectivity index (χ4n) is 5.05. The van der Waals surface area contributed by atoms with Crippen LogP contribution in [0.25, 0.3) is 50.1 Å². The van der Waals surface area contributed by atoms with Gasteiger partial charge in [0.2, 0.25) is 0 Å². The lowest BCUT2D eigenvalue weighted by molar-refractivity contribution is -0.138. The first kappa shape index (κ1) is 26.7. The molecule has 0 saturated carbocycles. The molecule has 0 fully saturated rings. The molecule has 0 N–H and O–H groups in total. The summed E-state index contributed by atoms with van der Waals surface area (Å²) in [4.78, 5) is 9.52. The van der Waals surface area contributed by atoms with Crippen LogP contribution in [0, 0.1) is 22.7 Å². The van der Waals surface area contributed by atoms with E-state index in [0.29, 0.717) is 61.4 Å². The van der Waals surface area contributed by atoms with E-state index in [1.807, 2.05) is 12.1 Å². The van der Waals surface area contributed by atoms with E-state index in [1.165, 1.54) is 24.3 Å². The molecule has 0 spiro atoms. The monoisotopic (exact) mass is 568 g/mol. The molecule has 0 radical (unpaired) electrons. The average Bonchev–Trinajstić information content (AvgIpc) is 3.28. The highest BCUT2D eigenvalue weighted by Gasteiger charge is 2.32. The number of nitriles is 2. The van der Waals surface area contributed by atoms with Crippen LogP contribution in [-0.4, -0.2) is 9.97 Å². The number of hydrogen-bond donors (Lipinski definition) is 0. The van der Waals surface area contributed by atoms with Crippen molar-refractivity contribution in [1.82, 2.24) is 9.97 Å². The maximum Gasteiger partial charge on any atom is 0.416 e. The molecule has 0 amide bonds. The smallest absolute Gasteiger partial charge is 0.244 e. The highest BCUT2D eigenvalue weighted by molar-refractivity contribution is 6.04. The molecular formula is C32H14F6N4. The highest BCUT2D eigenvalue weighted by Crippen LogP contribution is 2.45. The lowest BCUT2D eigenvalue weighted by atomic mass is 9.92. The number of hydrogen-bond acceptors (Lipinski definition) is 4. The maximum atomic E-state index is 13.2. The van der Waals surface area contributed by atoms with Gasteiger partial charge in [0.25, 0.3) is 0 Å². The Labute approximate surface area is 234 Å². The van der Waals surface area contributed by atoms with Crippen molar-refractivity contribution in [3.63, 3.8) is 0 Å². The normalized spacial score (nSPS) is 12.4. The third-order valence-electron chi connectivity index (χ3n) is 7.01. The van der Waals surface area contributed by atoms with Crippen molar-refractivity contribution < 1.29 is 26.3 Å². The number of halogens is 6. The molecule has 1 aromatic heterocycles. The van der Waals surface area contributed by atoms with Crippen molar-refractivity contribution in [2.45, 2.75) is 12.4 Å². The number of fused-ring (bicyclic) bond motifs is 4. The van der Waals surface area contributed by atoms with E-state index in [0.717, 1.165) is 24.3 Å². The Balaban J connectivity index is 1.62. The first-order valence-electron chi connectivity index (χ1n) is 12.4. The number of nitrogens with zero attached hydrogens (tertiary/aromatic N) is 4. The Hall–Kier alpha value is -5.48. The second-order valence-electron chi connectivity index (χ2n) is 9.48. The van der Waals surface area contributed by atoms with Gasteiger partial charge < -0.3 is 0 Å². The third-order valence-corrected chi connectivity index (χ3v) is 7.01. The van der Waals surface area contributed by atoms with Crippen molar-refractivity contribution in [2.75, 3.05) is 0 Å². The fourth-order valence-corrected chi connectivity index (χ4v) is 5.05. The van der Waals surface area contributed by atoms with Crippen LogP contribution >= 0.6 is 0 Å². The van der Waals surface area contributed by atoms with E-state index in [2.05, 4.69) is 0 Å². The number of benzene rings is 4. The topological polar surface area (TPSA) is 73.4 Å². The summed E-state index contributed by atoms with van der Waals surface area (Å²) in [5.41, 5.74) is 2.75. The predicted octanol–water partition coefficient (Wildman–Crippen LogP) is 8.83. The molecule has 1 aliphatic rings. The van der Waals surface area contributed by atoms with Crippen LogP contribution in [0.4, 0.5) is 26.3 Å². The van der Waals surface area contributed by atoms with Crippen molar-refractivity contribution in [1.29, 1.82) is 10.5 Å². The van der Waals surface area contributed by atoms with Gasteiger partial charge in [-0.15, -0.1) is 0 Å². The Morgan fingerprint density at radius 3 is 1.40 bits per heavy atom. The lowest BCUT2D eigenvalue weighted by Crippen LogP contribution is -2.04. The minimum absolute atomic E-state index is 0.154. The van der Waals surface area contributed by atoms with Gasteiger partial charge in [-0.05, 0) is 64.2 Å². The van der Waals surface area contributed by atoms with Crippen LogP contribution in [0.2, 0.25) is 0 Å². The molecular weight excluding hydrogens is 554 g/mol. The van der Waals surface area contributed by atoms with E-state index in [1.54, 1.807) is 36.4 Å². The molecule has 0 atom stereocenters. The predicted molar refractivity (Wildman–Crippen MR) is 143 cm³/mol. The fraction of sp³-hybridized carbons (Fsp3) is 0.0625. The van der Waals surface area contributed by atoms with Gasteiger partial charge in [0.05, 0.1) is 33.5 Å². The van der Waals surface area contributed by atoms with Gasteiger partial charge in [0, 0.05) is 11.1 Å². The first-order chi connectivity index (χ1) is 20.0. The molecule has 1 aliphatic carbocycles. The van der Waals surface area contributed by atoms with Gasteiger partial charge >= 0.3 is 12.4 Å². The summed E-state index contributed by atoms with van der Waals surface area (Å²) in [5.74, 6) is 0. The summed E-state index contributed by atoms with van der Waals surface area (Å²) < 4.78 is 79.5. The Kier molecular flexibility index (Phi) is 6.09. The van der Waals surface area contributed by atoms with Crippen LogP contribution < -0.4 is 0 Å². The molecule has 42 heavy (non-hydrogen) atoms. The van der Waals surface area contributed by atoms with Crippen LogP contribution in [0.3, 0.4) is 0 Å². The summed E-state index contributed by atoms with van der Waals surface area (Å²) in [6.45, 7) is 0. The highest BCUT2D eigenvalue weighted by atomic mass is 19.4. The lowest BCUT2D eigenvalue weighted by Gasteiger charge is -2.15. The van der Waals surface area contributed by atoms with E-state index < -0.39 is 23.5 Å². The van der Waals surface area contributed by atoms with Gasteiger partial charge in [-0.1, -0.05) is 48.5 Å². The molecule has 0 saturated heterocycles. The van der Waals surface area contributed by atoms with E-state index in [4.69, 9.17) is 9.97 Å². The van der Waals surface area contributed by atoms with Gasteiger partial charge in [-0.25, -0.2) is 9.97 Å². The number of allylic oxidation sites excluding steroid dienone is 1. The molecule has 0 aliphatic heterocycles. The molecule has 0 bridgehead atoms. The standard InChI is InChI=1S/C32H14F6N4/c33-31(34,35)20-9-5-17(6-10-20)24-13-26-27(14-25(24)18-7-11-21(12-8-18)32(36,37)38)42-30-28(19(15-39)16-40)22-3-1-2-4-23(22)29(30)41-26/h1-14H. The van der Waals surface area contributed by atoms with Crippen molar-refractivity contribution in [3.05, 3.63) is 113 Å². The molecule has 1 heterocycles. The summed E-state index contributed by atoms with van der Waals surface area (Å²) >= 11 is 0. The third kappa shape index (κ3) is 4.43. The molecule has 0 unspecified atom stereocenters. The summed E-state index contributed by atoms with van der Waals surface area (Å²) in [6, 6.07) is 22.9. The molecule has 6 rings (SSSR count). The van der Waals surface area contributed by atoms with E-state index >= 15 is 0 Å². The van der Waals surface area contributed by atoms with E-state index in [9.17, 15) is 36.9 Å². The molecule has 4 nitrogen and oxygen atoms in total. The molecule has 5 aromatic rings. The SMILES string of the molecule is N#CC(C#N)=C1c2ccccc2-c2nc3cc(-c4ccc(C(F)(F)F)cc4)c(-c4ccc(C(F)(F)F)cc4)cc3nc21. The Bertz CT molecular complexity index is 1990. The Morgan fingerprint density at radius 1 is 0.548 bits per heavy atom. The van der Waals surface area contributed by atoms with Crippen molar-refractivity contribution in [3.8, 4) is 45.6 Å². The van der Waals surface area contributed by atoms with Gasteiger partial charge in [-0.3, -0.25) is 0 Å². The second-order valence-corrected chi connectivity index (χ2v) is 9.48. The molecule has 10 heteroatoms. The Morgan fingerprint density at radius 2 is 0.976 bits per heavy atom.